The highest BCUT2D eigenvalue weighted by Crippen LogP contribution is 2.15. The van der Waals surface area contributed by atoms with E-state index in [2.05, 4.69) is 0 Å². The zero-order chi connectivity index (χ0) is 14.6. The molecule has 0 heterocycles. The topological polar surface area (TPSA) is 125 Å². The number of carbonyl (C=O) groups is 3. The van der Waals surface area contributed by atoms with E-state index in [4.69, 9.17) is 16.2 Å². The smallest absolute Gasteiger partial charge is 0.341 e. The summed E-state index contributed by atoms with van der Waals surface area (Å²) in [6.45, 7) is 1.23. The molecule has 8 heteroatoms. The van der Waals surface area contributed by atoms with Crippen LogP contribution in [0.1, 0.15) is 17.3 Å². The Morgan fingerprint density at radius 2 is 2.00 bits per heavy atom. The standard InChI is InChI=1S/C11H12FN3O4/c1-5(9(16)15-11(14)18)19-10(17)7-4-6(12)2-3-8(7)13/h2-5H,13H2,1H3,(H3,14,15,16,18). The van der Waals surface area contributed by atoms with Crippen molar-refractivity contribution in [3.05, 3.63) is 29.6 Å². The molecule has 0 saturated carbocycles. The number of primary amides is 1. The van der Waals surface area contributed by atoms with Crippen molar-refractivity contribution in [3.8, 4) is 0 Å². The third-order valence-electron chi connectivity index (χ3n) is 2.13. The van der Waals surface area contributed by atoms with Crippen LogP contribution >= 0.6 is 0 Å². The molecule has 5 N–H and O–H groups in total. The maximum Gasteiger partial charge on any atom is 0.341 e. The minimum Gasteiger partial charge on any atom is -0.449 e. The first kappa shape index (κ1) is 14.4. The second-order valence-electron chi connectivity index (χ2n) is 3.63. The molecule has 0 bridgehead atoms. The van der Waals surface area contributed by atoms with Gasteiger partial charge in [0.1, 0.15) is 5.82 Å². The van der Waals surface area contributed by atoms with Crippen molar-refractivity contribution in [3.63, 3.8) is 0 Å². The molecule has 0 saturated heterocycles. The summed E-state index contributed by atoms with van der Waals surface area (Å²) in [4.78, 5) is 33.4. The molecule has 0 spiro atoms. The molecule has 0 aliphatic carbocycles. The summed E-state index contributed by atoms with van der Waals surface area (Å²) in [6.07, 6.45) is -1.28. The minimum absolute atomic E-state index is 0.00825. The molecule has 1 unspecified atom stereocenters. The van der Waals surface area contributed by atoms with E-state index in [1.165, 1.54) is 13.0 Å². The quantitative estimate of drug-likeness (QED) is 0.532. The fraction of sp³-hybridized carbons (Fsp3) is 0.182. The summed E-state index contributed by atoms with van der Waals surface area (Å²) in [7, 11) is 0. The highest BCUT2D eigenvalue weighted by atomic mass is 19.1. The van der Waals surface area contributed by atoms with E-state index in [0.29, 0.717) is 0 Å². The lowest BCUT2D eigenvalue weighted by molar-refractivity contribution is -0.127. The van der Waals surface area contributed by atoms with Crippen LogP contribution in [0.4, 0.5) is 14.9 Å². The number of urea groups is 1. The Balaban J connectivity index is 2.77. The van der Waals surface area contributed by atoms with Crippen molar-refractivity contribution in [2.45, 2.75) is 13.0 Å². The van der Waals surface area contributed by atoms with Gasteiger partial charge in [-0.1, -0.05) is 0 Å². The lowest BCUT2D eigenvalue weighted by Gasteiger charge is -2.12. The molecule has 1 atom stereocenters. The normalized spacial score (nSPS) is 11.5. The van der Waals surface area contributed by atoms with Crippen molar-refractivity contribution in [1.29, 1.82) is 0 Å². The van der Waals surface area contributed by atoms with E-state index < -0.39 is 29.8 Å². The molecule has 1 aromatic rings. The van der Waals surface area contributed by atoms with Crippen LogP contribution in [0.25, 0.3) is 0 Å². The first-order chi connectivity index (χ1) is 8.81. The van der Waals surface area contributed by atoms with Crippen molar-refractivity contribution in [2.75, 3.05) is 5.73 Å². The predicted octanol–water partition coefficient (Wildman–Crippen LogP) is 0.148. The van der Waals surface area contributed by atoms with Gasteiger partial charge in [-0.15, -0.1) is 0 Å². The number of rotatable bonds is 3. The van der Waals surface area contributed by atoms with E-state index in [-0.39, 0.29) is 11.3 Å². The van der Waals surface area contributed by atoms with Crippen LogP contribution in [0.15, 0.2) is 18.2 Å². The van der Waals surface area contributed by atoms with E-state index in [1.807, 2.05) is 0 Å². The second kappa shape index (κ2) is 5.80. The monoisotopic (exact) mass is 269 g/mol. The Kier molecular flexibility index (Phi) is 4.41. The highest BCUT2D eigenvalue weighted by molar-refractivity contribution is 5.99. The number of ether oxygens (including phenoxy) is 1. The molecular weight excluding hydrogens is 257 g/mol. The number of nitrogens with one attached hydrogen (secondary N) is 1. The van der Waals surface area contributed by atoms with Gasteiger partial charge in [0.05, 0.1) is 5.56 Å². The summed E-state index contributed by atoms with van der Waals surface area (Å²) in [6, 6.07) is 2.09. The summed E-state index contributed by atoms with van der Waals surface area (Å²) in [5, 5.41) is 1.74. The van der Waals surface area contributed by atoms with E-state index in [1.54, 1.807) is 5.32 Å². The summed E-state index contributed by atoms with van der Waals surface area (Å²) >= 11 is 0. The molecule has 7 nitrogen and oxygen atoms in total. The van der Waals surface area contributed by atoms with Gasteiger partial charge in [-0.3, -0.25) is 10.1 Å². The molecular formula is C11H12FN3O4. The lowest BCUT2D eigenvalue weighted by Crippen LogP contribution is -2.42. The molecule has 0 aromatic heterocycles. The van der Waals surface area contributed by atoms with Gasteiger partial charge in [-0.25, -0.2) is 14.0 Å². The average molecular weight is 269 g/mol. The maximum atomic E-state index is 13.0. The number of benzene rings is 1. The van der Waals surface area contributed by atoms with E-state index in [0.717, 1.165) is 12.1 Å². The van der Waals surface area contributed by atoms with Crippen LogP contribution in [-0.4, -0.2) is 24.0 Å². The molecule has 1 rings (SSSR count). The summed E-state index contributed by atoms with van der Waals surface area (Å²) in [5.41, 5.74) is 10.0. The van der Waals surface area contributed by atoms with Crippen LogP contribution < -0.4 is 16.8 Å². The number of esters is 1. The number of nitrogen functional groups attached to an aromatic ring is 1. The summed E-state index contributed by atoms with van der Waals surface area (Å²) in [5.74, 6) is -2.55. The van der Waals surface area contributed by atoms with Gasteiger partial charge in [-0.2, -0.15) is 0 Å². The van der Waals surface area contributed by atoms with Gasteiger partial charge in [0.15, 0.2) is 6.10 Å². The number of anilines is 1. The van der Waals surface area contributed by atoms with Crippen molar-refractivity contribution in [2.24, 2.45) is 5.73 Å². The van der Waals surface area contributed by atoms with Crippen LogP contribution in [0.2, 0.25) is 0 Å². The predicted molar refractivity (Wildman–Crippen MR) is 63.4 cm³/mol. The molecule has 0 fully saturated rings. The zero-order valence-electron chi connectivity index (χ0n) is 9.98. The van der Waals surface area contributed by atoms with E-state index >= 15 is 0 Å². The van der Waals surface area contributed by atoms with Gasteiger partial charge in [-0.05, 0) is 25.1 Å². The fourth-order valence-electron chi connectivity index (χ4n) is 1.21. The molecule has 102 valence electrons. The SMILES string of the molecule is CC(OC(=O)c1cc(F)ccc1N)C(=O)NC(N)=O. The number of nitrogens with two attached hydrogens (primary N) is 2. The molecule has 19 heavy (non-hydrogen) atoms. The largest absolute Gasteiger partial charge is 0.449 e. The zero-order valence-corrected chi connectivity index (χ0v) is 9.98. The van der Waals surface area contributed by atoms with Crippen LogP contribution in [-0.2, 0) is 9.53 Å². The van der Waals surface area contributed by atoms with Gasteiger partial charge in [0.25, 0.3) is 5.91 Å². The number of imide groups is 1. The van der Waals surface area contributed by atoms with E-state index in [9.17, 15) is 18.8 Å². The van der Waals surface area contributed by atoms with Crippen molar-refractivity contribution in [1.82, 2.24) is 5.32 Å². The van der Waals surface area contributed by atoms with Gasteiger partial charge in [0, 0.05) is 5.69 Å². The Labute approximate surface area is 107 Å². The number of halogens is 1. The number of hydrogen-bond acceptors (Lipinski definition) is 5. The lowest BCUT2D eigenvalue weighted by atomic mass is 10.2. The van der Waals surface area contributed by atoms with Crippen LogP contribution in [0, 0.1) is 5.82 Å². The Morgan fingerprint density at radius 3 is 2.58 bits per heavy atom. The fourth-order valence-corrected chi connectivity index (χ4v) is 1.21. The number of amides is 3. The van der Waals surface area contributed by atoms with Crippen LogP contribution in [0.5, 0.6) is 0 Å². The van der Waals surface area contributed by atoms with Crippen molar-refractivity contribution >= 4 is 23.6 Å². The third-order valence-corrected chi connectivity index (χ3v) is 2.13. The first-order valence-corrected chi connectivity index (χ1v) is 5.17. The molecule has 0 aliphatic rings. The molecule has 0 aliphatic heterocycles. The minimum atomic E-state index is -1.28. The molecule has 0 radical (unpaired) electrons. The average Bonchev–Trinajstić information content (AvgIpc) is 2.31. The maximum absolute atomic E-state index is 13.0. The number of carbonyl (C=O) groups excluding carboxylic acids is 3. The van der Waals surface area contributed by atoms with Crippen molar-refractivity contribution < 1.29 is 23.5 Å². The second-order valence-corrected chi connectivity index (χ2v) is 3.63. The third kappa shape index (κ3) is 3.95. The first-order valence-electron chi connectivity index (χ1n) is 5.17. The van der Waals surface area contributed by atoms with Gasteiger partial charge >= 0.3 is 12.0 Å². The van der Waals surface area contributed by atoms with Gasteiger partial charge < -0.3 is 16.2 Å². The highest BCUT2D eigenvalue weighted by Gasteiger charge is 2.21. The Bertz CT molecular complexity index is 533. The summed E-state index contributed by atoms with van der Waals surface area (Å²) < 4.78 is 17.7. The molecule has 1 aromatic carbocycles. The molecule has 3 amide bonds. The Hall–Kier alpha value is -2.64. The Morgan fingerprint density at radius 1 is 1.37 bits per heavy atom. The van der Waals surface area contributed by atoms with Crippen LogP contribution in [0.3, 0.4) is 0 Å². The van der Waals surface area contributed by atoms with Gasteiger partial charge in [0.2, 0.25) is 0 Å². The number of hydrogen-bond donors (Lipinski definition) is 3.